The van der Waals surface area contributed by atoms with E-state index in [1.165, 1.54) is 353 Å². The van der Waals surface area contributed by atoms with E-state index in [2.05, 4.69) is 19.2 Å². The Bertz CT molecular complexity index is 1190. The standard InChI is InChI=1S/C73H143NO5/c1-3-5-7-9-11-13-15-17-18-36-39-42-45-49-53-57-61-65-71(76)70(69-75)74-72(77)66-62-58-54-50-46-43-40-37-34-32-30-28-26-24-22-20-19-21-23-25-27-29-31-33-35-38-41-44-48-52-56-60-64-68-79-73(78)67-63-59-55-51-47-16-14-12-10-8-6-4-2/h61,65,70-71,75-76H,3-60,62-64,66-69H2,1-2H3,(H,74,77)/b65-61+. The fourth-order valence-corrected chi connectivity index (χ4v) is 11.8. The van der Waals surface area contributed by atoms with Crippen LogP contribution < -0.4 is 5.32 Å². The van der Waals surface area contributed by atoms with Crippen LogP contribution in [-0.4, -0.2) is 47.4 Å². The summed E-state index contributed by atoms with van der Waals surface area (Å²) >= 11 is 0. The first-order valence-corrected chi connectivity index (χ1v) is 36.5. The molecule has 79 heavy (non-hydrogen) atoms. The third-order valence-corrected chi connectivity index (χ3v) is 17.3. The summed E-state index contributed by atoms with van der Waals surface area (Å²) in [5, 5.41) is 23.2. The van der Waals surface area contributed by atoms with Crippen LogP contribution in [0, 0.1) is 0 Å². The van der Waals surface area contributed by atoms with Crippen LogP contribution in [0.1, 0.15) is 418 Å². The maximum atomic E-state index is 12.5. The highest BCUT2D eigenvalue weighted by atomic mass is 16.5. The van der Waals surface area contributed by atoms with Crippen LogP contribution in [0.4, 0.5) is 0 Å². The van der Waals surface area contributed by atoms with Gasteiger partial charge in [-0.25, -0.2) is 0 Å². The predicted octanol–water partition coefficient (Wildman–Crippen LogP) is 23.5. The first kappa shape index (κ1) is 77.6. The molecule has 0 rings (SSSR count). The first-order valence-electron chi connectivity index (χ1n) is 36.5. The van der Waals surface area contributed by atoms with Crippen molar-refractivity contribution in [3.63, 3.8) is 0 Å². The zero-order chi connectivity index (χ0) is 57.1. The summed E-state index contributed by atoms with van der Waals surface area (Å²) < 4.78 is 5.49. The van der Waals surface area contributed by atoms with E-state index >= 15 is 0 Å². The SMILES string of the molecule is CCCCCCCCCCCCCCCCC/C=C/C(O)C(CO)NC(=O)CCCCCCCCCCCCCCCCCCCCCCCCCCCCCCCCCCCOC(=O)CCCCCCCCCCCCCC. The summed E-state index contributed by atoms with van der Waals surface area (Å²) in [5.41, 5.74) is 0. The zero-order valence-electron chi connectivity index (χ0n) is 53.9. The summed E-state index contributed by atoms with van der Waals surface area (Å²) in [6.07, 6.45) is 86.0. The highest BCUT2D eigenvalue weighted by Gasteiger charge is 2.18. The molecule has 470 valence electrons. The zero-order valence-corrected chi connectivity index (χ0v) is 53.9. The minimum absolute atomic E-state index is 0.0230. The summed E-state index contributed by atoms with van der Waals surface area (Å²) in [6.45, 7) is 4.95. The summed E-state index contributed by atoms with van der Waals surface area (Å²) in [7, 11) is 0. The lowest BCUT2D eigenvalue weighted by atomic mass is 10.0. The van der Waals surface area contributed by atoms with Gasteiger partial charge in [-0.3, -0.25) is 9.59 Å². The lowest BCUT2D eigenvalue weighted by Gasteiger charge is -2.20. The second-order valence-electron chi connectivity index (χ2n) is 25.3. The van der Waals surface area contributed by atoms with Gasteiger partial charge in [0.25, 0.3) is 0 Å². The molecule has 6 nitrogen and oxygen atoms in total. The summed E-state index contributed by atoms with van der Waals surface area (Å²) in [6, 6.07) is -0.623. The molecule has 0 aromatic heterocycles. The van der Waals surface area contributed by atoms with Crippen LogP contribution in [0.25, 0.3) is 0 Å². The molecular formula is C73H143NO5. The van der Waals surface area contributed by atoms with E-state index < -0.39 is 12.1 Å². The minimum atomic E-state index is -0.840. The number of esters is 1. The molecule has 0 saturated heterocycles. The molecule has 0 aromatic carbocycles. The molecule has 0 saturated carbocycles. The third-order valence-electron chi connectivity index (χ3n) is 17.3. The quantitative estimate of drug-likeness (QED) is 0.0320. The van der Waals surface area contributed by atoms with Gasteiger partial charge in [0, 0.05) is 12.8 Å². The van der Waals surface area contributed by atoms with Crippen molar-refractivity contribution in [2.24, 2.45) is 0 Å². The van der Waals surface area contributed by atoms with E-state index in [1.807, 2.05) is 6.08 Å². The maximum absolute atomic E-state index is 12.5. The molecule has 2 atom stereocenters. The van der Waals surface area contributed by atoms with Crippen LogP contribution >= 0.6 is 0 Å². The number of carbonyl (C=O) groups is 2. The molecule has 2 unspecified atom stereocenters. The van der Waals surface area contributed by atoms with Gasteiger partial charge < -0.3 is 20.3 Å². The van der Waals surface area contributed by atoms with E-state index in [0.717, 1.165) is 38.5 Å². The average molecular weight is 1110 g/mol. The van der Waals surface area contributed by atoms with Gasteiger partial charge in [-0.05, 0) is 32.1 Å². The number of unbranched alkanes of at least 4 members (excludes halogenated alkanes) is 58. The molecule has 0 heterocycles. The Balaban J connectivity index is 3.33. The van der Waals surface area contributed by atoms with Gasteiger partial charge in [0.05, 0.1) is 25.4 Å². The molecule has 0 bridgehead atoms. The summed E-state index contributed by atoms with van der Waals surface area (Å²) in [4.78, 5) is 24.5. The Hall–Kier alpha value is -1.40. The van der Waals surface area contributed by atoms with Gasteiger partial charge in [0.15, 0.2) is 0 Å². The van der Waals surface area contributed by atoms with Gasteiger partial charge in [-0.2, -0.15) is 0 Å². The van der Waals surface area contributed by atoms with Gasteiger partial charge in [-0.1, -0.05) is 386 Å². The lowest BCUT2D eigenvalue weighted by Crippen LogP contribution is -2.45. The summed E-state index contributed by atoms with van der Waals surface area (Å²) in [5.74, 6) is -0.0364. The van der Waals surface area contributed by atoms with E-state index in [9.17, 15) is 19.8 Å². The number of aliphatic hydroxyl groups excluding tert-OH is 2. The number of amides is 1. The minimum Gasteiger partial charge on any atom is -0.466 e. The second-order valence-corrected chi connectivity index (χ2v) is 25.3. The Labute approximate surface area is 495 Å². The maximum Gasteiger partial charge on any atom is 0.305 e. The number of hydrogen-bond acceptors (Lipinski definition) is 5. The normalized spacial score (nSPS) is 12.5. The van der Waals surface area contributed by atoms with Crippen molar-refractivity contribution >= 4 is 11.9 Å². The molecule has 3 N–H and O–H groups in total. The van der Waals surface area contributed by atoms with Gasteiger partial charge >= 0.3 is 5.97 Å². The largest absolute Gasteiger partial charge is 0.466 e. The van der Waals surface area contributed by atoms with Crippen LogP contribution in [-0.2, 0) is 14.3 Å². The number of ether oxygens (including phenoxy) is 1. The molecule has 0 radical (unpaired) electrons. The Morgan fingerprint density at radius 2 is 0.582 bits per heavy atom. The van der Waals surface area contributed by atoms with E-state index in [4.69, 9.17) is 4.74 Å². The lowest BCUT2D eigenvalue weighted by molar-refractivity contribution is -0.143. The van der Waals surface area contributed by atoms with Gasteiger partial charge in [0.2, 0.25) is 5.91 Å². The van der Waals surface area contributed by atoms with E-state index in [0.29, 0.717) is 19.4 Å². The van der Waals surface area contributed by atoms with Gasteiger partial charge in [-0.15, -0.1) is 0 Å². The van der Waals surface area contributed by atoms with Crippen molar-refractivity contribution < 1.29 is 24.5 Å². The Morgan fingerprint density at radius 1 is 0.342 bits per heavy atom. The van der Waals surface area contributed by atoms with E-state index in [1.54, 1.807) is 6.08 Å². The van der Waals surface area contributed by atoms with Crippen LogP contribution in [0.3, 0.4) is 0 Å². The van der Waals surface area contributed by atoms with Crippen molar-refractivity contribution in [2.45, 2.75) is 431 Å². The molecule has 0 aliphatic heterocycles. The smallest absolute Gasteiger partial charge is 0.305 e. The number of hydrogen-bond donors (Lipinski definition) is 3. The Morgan fingerprint density at radius 3 is 0.861 bits per heavy atom. The van der Waals surface area contributed by atoms with Gasteiger partial charge in [0.1, 0.15) is 0 Å². The molecule has 0 aliphatic rings. The molecular weight excluding hydrogens is 971 g/mol. The molecule has 0 spiro atoms. The van der Waals surface area contributed by atoms with Crippen molar-refractivity contribution in [1.82, 2.24) is 5.32 Å². The topological polar surface area (TPSA) is 95.9 Å². The monoisotopic (exact) mass is 1110 g/mol. The Kier molecular flexibility index (Phi) is 67.9. The number of rotatable bonds is 69. The predicted molar refractivity (Wildman–Crippen MR) is 347 cm³/mol. The van der Waals surface area contributed by atoms with Crippen LogP contribution in [0.5, 0.6) is 0 Å². The number of allylic oxidation sites excluding steroid dienone is 1. The fourth-order valence-electron chi connectivity index (χ4n) is 11.8. The number of aliphatic hydroxyl groups is 2. The molecule has 1 amide bonds. The van der Waals surface area contributed by atoms with Crippen molar-refractivity contribution in [3.8, 4) is 0 Å². The highest BCUT2D eigenvalue weighted by Crippen LogP contribution is 2.19. The van der Waals surface area contributed by atoms with Crippen LogP contribution in [0.15, 0.2) is 12.2 Å². The van der Waals surface area contributed by atoms with Crippen LogP contribution in [0.2, 0.25) is 0 Å². The van der Waals surface area contributed by atoms with Crippen molar-refractivity contribution in [3.05, 3.63) is 12.2 Å². The van der Waals surface area contributed by atoms with Crippen molar-refractivity contribution in [2.75, 3.05) is 13.2 Å². The second kappa shape index (κ2) is 69.1. The first-order chi connectivity index (χ1) is 39.0. The number of carbonyl (C=O) groups excluding carboxylic acids is 2. The molecule has 0 aromatic rings. The molecule has 6 heteroatoms. The fraction of sp³-hybridized carbons (Fsp3) is 0.945. The average Bonchev–Trinajstić information content (AvgIpc) is 3.45. The third kappa shape index (κ3) is 65.6. The number of nitrogens with one attached hydrogen (secondary N) is 1. The highest BCUT2D eigenvalue weighted by molar-refractivity contribution is 5.76. The molecule has 0 aliphatic carbocycles. The van der Waals surface area contributed by atoms with E-state index in [-0.39, 0.29) is 18.5 Å². The van der Waals surface area contributed by atoms with Crippen molar-refractivity contribution in [1.29, 1.82) is 0 Å². The molecule has 0 fully saturated rings.